The van der Waals surface area contributed by atoms with Gasteiger partial charge in [-0.15, -0.1) is 0 Å². The smallest absolute Gasteiger partial charge is 0.289 e. The van der Waals surface area contributed by atoms with Crippen molar-refractivity contribution < 1.29 is 9.21 Å². The van der Waals surface area contributed by atoms with Crippen molar-refractivity contribution in [1.82, 2.24) is 4.90 Å². The average Bonchev–Trinajstić information content (AvgIpc) is 2.70. The van der Waals surface area contributed by atoms with Crippen molar-refractivity contribution in [2.24, 2.45) is 5.92 Å². The van der Waals surface area contributed by atoms with Crippen LogP contribution in [0.3, 0.4) is 0 Å². The minimum absolute atomic E-state index is 0.0979. The van der Waals surface area contributed by atoms with Crippen molar-refractivity contribution in [1.29, 1.82) is 0 Å². The first-order chi connectivity index (χ1) is 13.5. The van der Waals surface area contributed by atoms with Crippen LogP contribution in [0.25, 0.3) is 11.0 Å². The third-order valence-electron chi connectivity index (χ3n) is 5.49. The Morgan fingerprint density at radius 3 is 2.57 bits per heavy atom. The summed E-state index contributed by atoms with van der Waals surface area (Å²) < 4.78 is 5.77. The Morgan fingerprint density at radius 2 is 1.86 bits per heavy atom. The van der Waals surface area contributed by atoms with Gasteiger partial charge in [0.25, 0.3) is 5.91 Å². The highest BCUT2D eigenvalue weighted by atomic mass is 35.5. The van der Waals surface area contributed by atoms with E-state index in [9.17, 15) is 9.59 Å². The third kappa shape index (κ3) is 3.83. The second-order valence-corrected chi connectivity index (χ2v) is 7.90. The van der Waals surface area contributed by atoms with Crippen molar-refractivity contribution in [2.75, 3.05) is 13.1 Å². The van der Waals surface area contributed by atoms with E-state index in [1.54, 1.807) is 17.0 Å². The predicted octanol–water partition coefficient (Wildman–Crippen LogP) is 4.85. The van der Waals surface area contributed by atoms with Crippen LogP contribution in [0.15, 0.2) is 57.7 Å². The number of hydrogen-bond donors (Lipinski definition) is 0. The Kier molecular flexibility index (Phi) is 5.23. The van der Waals surface area contributed by atoms with Crippen LogP contribution in [0.5, 0.6) is 0 Å². The maximum Gasteiger partial charge on any atom is 0.289 e. The molecule has 0 N–H and O–H groups in total. The number of fused-ring (bicyclic) bond motifs is 1. The van der Waals surface area contributed by atoms with E-state index in [2.05, 4.69) is 24.3 Å². The molecule has 0 radical (unpaired) electrons. The molecule has 0 aliphatic carbocycles. The fraction of sp³-hybridized carbons (Fsp3) is 0.304. The quantitative estimate of drug-likeness (QED) is 0.637. The maximum absolute atomic E-state index is 12.9. The summed E-state index contributed by atoms with van der Waals surface area (Å²) in [5.74, 6) is 0.449. The van der Waals surface area contributed by atoms with E-state index in [1.165, 1.54) is 11.6 Å². The van der Waals surface area contributed by atoms with Crippen molar-refractivity contribution in [3.8, 4) is 0 Å². The standard InChI is InChI=1S/C23H22ClNO3/c1-15-11-21-18(13-19(15)24)20(26)14-22(28-21)23(27)25-9-7-17(8-10-25)12-16-5-3-2-4-6-16/h2-6,11,13-14,17H,7-10,12H2,1H3. The topological polar surface area (TPSA) is 50.5 Å². The molecular formula is C23H22ClNO3. The van der Waals surface area contributed by atoms with Crippen LogP contribution in [0.2, 0.25) is 5.02 Å². The van der Waals surface area contributed by atoms with E-state index >= 15 is 0 Å². The first-order valence-corrected chi connectivity index (χ1v) is 9.96. The Labute approximate surface area is 168 Å². The molecule has 3 aromatic rings. The molecule has 4 rings (SSSR count). The van der Waals surface area contributed by atoms with Crippen molar-refractivity contribution in [2.45, 2.75) is 26.2 Å². The number of rotatable bonds is 3. The normalized spacial score (nSPS) is 15.1. The summed E-state index contributed by atoms with van der Waals surface area (Å²) in [4.78, 5) is 27.1. The Bertz CT molecular complexity index is 1070. The van der Waals surface area contributed by atoms with Crippen LogP contribution < -0.4 is 5.43 Å². The van der Waals surface area contributed by atoms with Gasteiger partial charge in [-0.2, -0.15) is 0 Å². The second kappa shape index (κ2) is 7.80. The van der Waals surface area contributed by atoms with Gasteiger partial charge in [-0.3, -0.25) is 9.59 Å². The number of carbonyl (C=O) groups excluding carboxylic acids is 1. The molecule has 1 aliphatic rings. The van der Waals surface area contributed by atoms with E-state index in [-0.39, 0.29) is 17.1 Å². The first kappa shape index (κ1) is 18.8. The summed E-state index contributed by atoms with van der Waals surface area (Å²) in [6, 6.07) is 15.0. The van der Waals surface area contributed by atoms with Gasteiger partial charge in [0.1, 0.15) is 5.58 Å². The van der Waals surface area contributed by atoms with Crippen molar-refractivity contribution >= 4 is 28.5 Å². The van der Waals surface area contributed by atoms with Gasteiger partial charge in [-0.05, 0) is 55.4 Å². The molecule has 1 saturated heterocycles. The largest absolute Gasteiger partial charge is 0.451 e. The number of likely N-dealkylation sites (tertiary alicyclic amines) is 1. The maximum atomic E-state index is 12.9. The van der Waals surface area contributed by atoms with Crippen LogP contribution >= 0.6 is 11.6 Å². The molecule has 4 nitrogen and oxygen atoms in total. The lowest BCUT2D eigenvalue weighted by molar-refractivity contribution is 0.0659. The van der Waals surface area contributed by atoms with Gasteiger partial charge in [-0.1, -0.05) is 41.9 Å². The summed E-state index contributed by atoms with van der Waals surface area (Å²) in [7, 11) is 0. The summed E-state index contributed by atoms with van der Waals surface area (Å²) >= 11 is 6.10. The van der Waals surface area contributed by atoms with Gasteiger partial charge in [0.15, 0.2) is 11.2 Å². The molecule has 0 unspecified atom stereocenters. The second-order valence-electron chi connectivity index (χ2n) is 7.50. The fourth-order valence-electron chi connectivity index (χ4n) is 3.83. The van der Waals surface area contributed by atoms with Gasteiger partial charge in [0.05, 0.1) is 5.39 Å². The van der Waals surface area contributed by atoms with E-state index in [4.69, 9.17) is 16.0 Å². The molecule has 1 aliphatic heterocycles. The molecule has 0 spiro atoms. The van der Waals surface area contributed by atoms with Crippen molar-refractivity contribution in [3.05, 3.63) is 80.7 Å². The third-order valence-corrected chi connectivity index (χ3v) is 5.90. The number of halogens is 1. The predicted molar refractivity (Wildman–Crippen MR) is 111 cm³/mol. The SMILES string of the molecule is Cc1cc2oc(C(=O)N3CCC(Cc4ccccc4)CC3)cc(=O)c2cc1Cl. The molecule has 144 valence electrons. The van der Waals surface area contributed by atoms with E-state index < -0.39 is 0 Å². The van der Waals surface area contributed by atoms with Gasteiger partial charge in [0, 0.05) is 24.2 Å². The first-order valence-electron chi connectivity index (χ1n) is 9.58. The van der Waals surface area contributed by atoms with Crippen LogP contribution in [-0.4, -0.2) is 23.9 Å². The Balaban J connectivity index is 1.48. The summed E-state index contributed by atoms with van der Waals surface area (Å²) in [5, 5.41) is 0.910. The summed E-state index contributed by atoms with van der Waals surface area (Å²) in [6.45, 7) is 3.20. The van der Waals surface area contributed by atoms with Crippen molar-refractivity contribution in [3.63, 3.8) is 0 Å². The van der Waals surface area contributed by atoms with E-state index in [1.807, 2.05) is 13.0 Å². The molecular weight excluding hydrogens is 374 g/mol. The lowest BCUT2D eigenvalue weighted by Gasteiger charge is -2.31. The number of benzene rings is 2. The number of piperidine rings is 1. The number of amides is 1. The molecule has 1 fully saturated rings. The lowest BCUT2D eigenvalue weighted by Crippen LogP contribution is -2.39. The fourth-order valence-corrected chi connectivity index (χ4v) is 3.99. The minimum Gasteiger partial charge on any atom is -0.451 e. The van der Waals surface area contributed by atoms with Gasteiger partial charge in [0.2, 0.25) is 0 Å². The Morgan fingerprint density at radius 1 is 1.14 bits per heavy atom. The average molecular weight is 396 g/mol. The van der Waals surface area contributed by atoms with Crippen LogP contribution in [0.4, 0.5) is 0 Å². The van der Waals surface area contributed by atoms with Gasteiger partial charge in [-0.25, -0.2) is 0 Å². The zero-order valence-corrected chi connectivity index (χ0v) is 16.5. The van der Waals surface area contributed by atoms with Gasteiger partial charge < -0.3 is 9.32 Å². The van der Waals surface area contributed by atoms with Crippen LogP contribution in [-0.2, 0) is 6.42 Å². The summed E-state index contributed by atoms with van der Waals surface area (Å²) in [5.41, 5.74) is 2.30. The van der Waals surface area contributed by atoms with E-state index in [0.717, 1.165) is 24.8 Å². The highest BCUT2D eigenvalue weighted by Crippen LogP contribution is 2.25. The zero-order chi connectivity index (χ0) is 19.7. The molecule has 2 aromatic carbocycles. The van der Waals surface area contributed by atoms with Crippen LogP contribution in [0, 0.1) is 12.8 Å². The molecule has 1 amide bonds. The molecule has 2 heterocycles. The molecule has 0 saturated carbocycles. The van der Waals surface area contributed by atoms with Crippen LogP contribution in [0.1, 0.15) is 34.5 Å². The lowest BCUT2D eigenvalue weighted by atomic mass is 9.90. The number of hydrogen-bond acceptors (Lipinski definition) is 3. The highest BCUT2D eigenvalue weighted by molar-refractivity contribution is 6.32. The monoisotopic (exact) mass is 395 g/mol. The minimum atomic E-state index is -0.245. The number of nitrogens with zero attached hydrogens (tertiary/aromatic N) is 1. The van der Waals surface area contributed by atoms with E-state index in [0.29, 0.717) is 35.0 Å². The molecule has 0 bridgehead atoms. The molecule has 0 atom stereocenters. The molecule has 28 heavy (non-hydrogen) atoms. The molecule has 1 aromatic heterocycles. The Hall–Kier alpha value is -2.59. The number of carbonyl (C=O) groups is 1. The number of aryl methyl sites for hydroxylation is 1. The molecule has 5 heteroatoms. The highest BCUT2D eigenvalue weighted by Gasteiger charge is 2.26. The summed E-state index contributed by atoms with van der Waals surface area (Å²) in [6.07, 6.45) is 2.94. The van der Waals surface area contributed by atoms with Gasteiger partial charge >= 0.3 is 0 Å². The zero-order valence-electron chi connectivity index (χ0n) is 15.8.